The molecule has 0 spiro atoms. The molecule has 0 radical (unpaired) electrons. The number of amides is 5. The molecule has 1 rings (SSSR count). The molecule has 0 heterocycles. The number of benzene rings is 1. The van der Waals surface area contributed by atoms with E-state index < -0.39 is 84.9 Å². The van der Waals surface area contributed by atoms with Gasteiger partial charge in [0.2, 0.25) is 29.5 Å². The first-order chi connectivity index (χ1) is 17.7. The Kier molecular flexibility index (Phi) is 12.1. The summed E-state index contributed by atoms with van der Waals surface area (Å²) in [6, 6.07) is -0.754. The predicted molar refractivity (Wildman–Crippen MR) is 128 cm³/mol. The van der Waals surface area contributed by atoms with Crippen LogP contribution in [-0.4, -0.2) is 81.0 Å². The number of aromatic hydroxyl groups is 1. The fourth-order valence-electron chi connectivity index (χ4n) is 3.14. The van der Waals surface area contributed by atoms with E-state index in [1.54, 1.807) is 0 Å². The highest BCUT2D eigenvalue weighted by molar-refractivity contribution is 5.96. The van der Waals surface area contributed by atoms with Crippen LogP contribution in [0.15, 0.2) is 24.3 Å². The van der Waals surface area contributed by atoms with Crippen LogP contribution in [0.4, 0.5) is 0 Å². The lowest BCUT2D eigenvalue weighted by Gasteiger charge is -2.24. The van der Waals surface area contributed by atoms with Gasteiger partial charge in [-0.15, -0.1) is 0 Å². The summed E-state index contributed by atoms with van der Waals surface area (Å²) in [6.07, 6.45) is -2.49. The van der Waals surface area contributed by atoms with Gasteiger partial charge in [-0.1, -0.05) is 12.1 Å². The van der Waals surface area contributed by atoms with Crippen LogP contribution in [0, 0.1) is 0 Å². The average Bonchev–Trinajstić information content (AvgIpc) is 2.80. The van der Waals surface area contributed by atoms with E-state index in [-0.39, 0.29) is 18.6 Å². The predicted octanol–water partition coefficient (Wildman–Crippen LogP) is -3.58. The molecule has 0 aliphatic rings. The van der Waals surface area contributed by atoms with Gasteiger partial charge in [-0.25, -0.2) is 4.79 Å². The number of nitrogens with one attached hydrogen (secondary N) is 3. The van der Waals surface area contributed by atoms with E-state index >= 15 is 0 Å². The highest BCUT2D eigenvalue weighted by Gasteiger charge is 2.31. The number of carbonyl (C=O) groups is 7. The van der Waals surface area contributed by atoms with E-state index in [4.69, 9.17) is 22.3 Å². The quantitative estimate of drug-likeness (QED) is 0.0990. The zero-order valence-electron chi connectivity index (χ0n) is 20.1. The summed E-state index contributed by atoms with van der Waals surface area (Å²) in [6.45, 7) is 0. The van der Waals surface area contributed by atoms with Crippen molar-refractivity contribution < 1.29 is 48.9 Å². The van der Waals surface area contributed by atoms with Gasteiger partial charge in [0.15, 0.2) is 0 Å². The van der Waals surface area contributed by atoms with Crippen LogP contribution in [0.3, 0.4) is 0 Å². The molecule has 1 aromatic carbocycles. The molecule has 1 aromatic rings. The fourth-order valence-corrected chi connectivity index (χ4v) is 3.14. The Morgan fingerprint density at radius 2 is 1.26 bits per heavy atom. The minimum absolute atomic E-state index is 0.0595. The standard InChI is InChI=1S/C22H30N6O10/c23-12(8-18(32)33)19(34)26-13(5-6-16(24)30)20(35)27-14(9-17(25)31)21(36)28-15(22(37)38)7-10-1-3-11(29)4-2-10/h1-4,12-15,29H,5-9,23H2,(H2,24,30)(H2,25,31)(H,26,34)(H,27,35)(H,28,36)(H,32,33)(H,37,38). The number of phenolic OH excluding ortho intramolecular Hbond substituents is 1. The number of carboxylic acid groups (broad SMARTS) is 2. The minimum Gasteiger partial charge on any atom is -0.508 e. The zero-order chi connectivity index (χ0) is 29.0. The lowest BCUT2D eigenvalue weighted by molar-refractivity contribution is -0.142. The van der Waals surface area contributed by atoms with Crippen molar-refractivity contribution in [3.8, 4) is 5.75 Å². The third-order valence-corrected chi connectivity index (χ3v) is 5.07. The van der Waals surface area contributed by atoms with Gasteiger partial charge in [-0.2, -0.15) is 0 Å². The number of nitrogens with two attached hydrogens (primary N) is 3. The lowest BCUT2D eigenvalue weighted by atomic mass is 10.0. The Bertz CT molecular complexity index is 1060. The lowest BCUT2D eigenvalue weighted by Crippen LogP contribution is -2.58. The third-order valence-electron chi connectivity index (χ3n) is 5.07. The van der Waals surface area contributed by atoms with E-state index in [0.29, 0.717) is 5.56 Å². The summed E-state index contributed by atoms with van der Waals surface area (Å²) < 4.78 is 0. The van der Waals surface area contributed by atoms with Gasteiger partial charge in [0, 0.05) is 12.8 Å². The number of carbonyl (C=O) groups excluding carboxylic acids is 5. The van der Waals surface area contributed by atoms with Gasteiger partial charge in [-0.3, -0.25) is 28.8 Å². The molecule has 0 bridgehead atoms. The summed E-state index contributed by atoms with van der Waals surface area (Å²) >= 11 is 0. The maximum Gasteiger partial charge on any atom is 0.326 e. The van der Waals surface area contributed by atoms with Crippen molar-refractivity contribution in [3.05, 3.63) is 29.8 Å². The topological polar surface area (TPSA) is 294 Å². The van der Waals surface area contributed by atoms with E-state index in [0.717, 1.165) is 0 Å². The second kappa shape index (κ2) is 14.7. The first kappa shape index (κ1) is 31.3. The number of carboxylic acids is 2. The van der Waals surface area contributed by atoms with Gasteiger partial charge in [0.05, 0.1) is 18.9 Å². The highest BCUT2D eigenvalue weighted by Crippen LogP contribution is 2.12. The molecule has 4 unspecified atom stereocenters. The minimum atomic E-state index is -1.68. The van der Waals surface area contributed by atoms with Crippen molar-refractivity contribution in [2.45, 2.75) is 56.3 Å². The molecule has 12 N–H and O–H groups in total. The highest BCUT2D eigenvalue weighted by atomic mass is 16.4. The normalized spacial score (nSPS) is 13.7. The van der Waals surface area contributed by atoms with Crippen molar-refractivity contribution in [1.82, 2.24) is 16.0 Å². The molecule has 16 nitrogen and oxygen atoms in total. The van der Waals surface area contributed by atoms with Crippen molar-refractivity contribution in [3.63, 3.8) is 0 Å². The molecule has 4 atom stereocenters. The van der Waals surface area contributed by atoms with Crippen LogP contribution in [0.5, 0.6) is 5.75 Å². The molecule has 0 saturated heterocycles. The van der Waals surface area contributed by atoms with Gasteiger partial charge in [0.25, 0.3) is 0 Å². The molecule has 38 heavy (non-hydrogen) atoms. The summed E-state index contributed by atoms with van der Waals surface area (Å²) in [4.78, 5) is 83.2. The summed E-state index contributed by atoms with van der Waals surface area (Å²) in [5, 5.41) is 34.2. The van der Waals surface area contributed by atoms with Crippen LogP contribution in [0.1, 0.15) is 31.2 Å². The van der Waals surface area contributed by atoms with E-state index in [1.165, 1.54) is 24.3 Å². The second-order valence-electron chi connectivity index (χ2n) is 8.27. The fraction of sp³-hybridized carbons (Fsp3) is 0.409. The molecule has 5 amide bonds. The summed E-state index contributed by atoms with van der Waals surface area (Å²) in [5.74, 6) is -7.96. The molecule has 0 aliphatic heterocycles. The Morgan fingerprint density at radius 3 is 1.76 bits per heavy atom. The van der Waals surface area contributed by atoms with E-state index in [2.05, 4.69) is 16.0 Å². The number of hydrogen-bond acceptors (Lipinski definition) is 9. The van der Waals surface area contributed by atoms with Gasteiger partial charge < -0.3 is 48.5 Å². The number of hydrogen-bond donors (Lipinski definition) is 9. The first-order valence-corrected chi connectivity index (χ1v) is 11.1. The Hall–Kier alpha value is -4.73. The molecule has 0 aromatic heterocycles. The number of phenols is 1. The molecule has 0 saturated carbocycles. The Morgan fingerprint density at radius 1 is 0.737 bits per heavy atom. The molecular weight excluding hydrogens is 508 g/mol. The molecular formula is C22H30N6O10. The van der Waals surface area contributed by atoms with E-state index in [9.17, 15) is 43.8 Å². The Balaban J connectivity index is 3.05. The number of rotatable bonds is 16. The number of aliphatic carboxylic acids is 2. The van der Waals surface area contributed by atoms with Gasteiger partial charge in [0.1, 0.15) is 23.9 Å². The smallest absolute Gasteiger partial charge is 0.326 e. The number of primary amides is 2. The van der Waals surface area contributed by atoms with Crippen molar-refractivity contribution in [2.24, 2.45) is 17.2 Å². The second-order valence-corrected chi connectivity index (χ2v) is 8.27. The molecule has 16 heteroatoms. The van der Waals surface area contributed by atoms with Crippen molar-refractivity contribution >= 4 is 41.5 Å². The summed E-state index contributed by atoms with van der Waals surface area (Å²) in [5.41, 5.74) is 16.2. The molecule has 208 valence electrons. The van der Waals surface area contributed by atoms with Crippen LogP contribution in [-0.2, 0) is 40.0 Å². The van der Waals surface area contributed by atoms with Gasteiger partial charge >= 0.3 is 11.9 Å². The maximum absolute atomic E-state index is 12.9. The first-order valence-electron chi connectivity index (χ1n) is 11.1. The zero-order valence-corrected chi connectivity index (χ0v) is 20.1. The largest absolute Gasteiger partial charge is 0.508 e. The monoisotopic (exact) mass is 538 g/mol. The van der Waals surface area contributed by atoms with Crippen LogP contribution in [0.2, 0.25) is 0 Å². The molecule has 0 fully saturated rings. The molecule has 0 aliphatic carbocycles. The van der Waals surface area contributed by atoms with Gasteiger partial charge in [-0.05, 0) is 24.1 Å². The third kappa shape index (κ3) is 11.3. The van der Waals surface area contributed by atoms with Crippen molar-refractivity contribution in [2.75, 3.05) is 0 Å². The summed E-state index contributed by atoms with van der Waals surface area (Å²) in [7, 11) is 0. The Labute approximate surface area is 215 Å². The van der Waals surface area contributed by atoms with Crippen LogP contribution >= 0.6 is 0 Å². The van der Waals surface area contributed by atoms with E-state index in [1.807, 2.05) is 0 Å². The van der Waals surface area contributed by atoms with Crippen LogP contribution in [0.25, 0.3) is 0 Å². The SMILES string of the molecule is NC(=O)CCC(NC(=O)C(N)CC(=O)O)C(=O)NC(CC(N)=O)C(=O)NC(Cc1ccc(O)cc1)C(=O)O. The van der Waals surface area contributed by atoms with Crippen LogP contribution < -0.4 is 33.2 Å². The average molecular weight is 539 g/mol. The van der Waals surface area contributed by atoms with Crippen molar-refractivity contribution in [1.29, 1.82) is 0 Å². The maximum atomic E-state index is 12.9.